The molecule has 1 aliphatic rings. The zero-order valence-corrected chi connectivity index (χ0v) is 14.7. The molecule has 0 radical (unpaired) electrons. The van der Waals surface area contributed by atoms with Gasteiger partial charge in [-0.3, -0.25) is 0 Å². The van der Waals surface area contributed by atoms with E-state index >= 15 is 0 Å². The van der Waals surface area contributed by atoms with E-state index in [0.717, 1.165) is 18.6 Å². The Morgan fingerprint density at radius 1 is 1.26 bits per heavy atom. The maximum absolute atomic E-state index is 13.5. The number of hydrogen-bond donors (Lipinski definition) is 0. The average molecular weight is 401 g/mol. The topological polar surface area (TPSA) is 31.4 Å². The summed E-state index contributed by atoms with van der Waals surface area (Å²) in [6, 6.07) is 6.45. The number of rotatable bonds is 5. The van der Waals surface area contributed by atoms with Gasteiger partial charge >= 0.3 is 0 Å². The summed E-state index contributed by atoms with van der Waals surface area (Å²) < 4.78 is 25.3. The molecule has 1 saturated carbocycles. The third kappa shape index (κ3) is 4.36. The van der Waals surface area contributed by atoms with E-state index in [2.05, 4.69) is 20.9 Å². The van der Waals surface area contributed by atoms with Crippen molar-refractivity contribution in [1.82, 2.24) is 4.98 Å². The maximum atomic E-state index is 13.5. The lowest BCUT2D eigenvalue weighted by molar-refractivity contribution is 0.208. The number of hydrogen-bond acceptors (Lipinski definition) is 3. The van der Waals surface area contributed by atoms with Crippen molar-refractivity contribution >= 4 is 27.5 Å². The molecule has 1 fully saturated rings. The van der Waals surface area contributed by atoms with Crippen LogP contribution in [0.25, 0.3) is 0 Å². The average Bonchev–Trinajstić information content (AvgIpc) is 3.04. The molecule has 2 aromatic rings. The van der Waals surface area contributed by atoms with Gasteiger partial charge in [0.05, 0.1) is 16.8 Å². The van der Waals surface area contributed by atoms with Crippen molar-refractivity contribution < 1.29 is 13.9 Å². The number of nitrogens with zero attached hydrogens (tertiary/aromatic N) is 1. The van der Waals surface area contributed by atoms with E-state index in [-0.39, 0.29) is 12.4 Å². The van der Waals surface area contributed by atoms with Crippen LogP contribution in [-0.2, 0) is 6.61 Å². The fraction of sp³-hybridized carbons (Fsp3) is 0.353. The molecule has 23 heavy (non-hydrogen) atoms. The molecule has 0 bridgehead atoms. The lowest BCUT2D eigenvalue weighted by Crippen LogP contribution is -2.10. The van der Waals surface area contributed by atoms with Gasteiger partial charge in [0.15, 0.2) is 0 Å². The molecule has 1 aromatic heterocycles. The molecule has 0 amide bonds. The van der Waals surface area contributed by atoms with Crippen molar-refractivity contribution in [1.29, 1.82) is 0 Å². The summed E-state index contributed by atoms with van der Waals surface area (Å²) in [7, 11) is 0. The van der Waals surface area contributed by atoms with Gasteiger partial charge < -0.3 is 9.47 Å². The third-order valence-corrected chi connectivity index (χ3v) is 4.74. The van der Waals surface area contributed by atoms with E-state index in [1.807, 2.05) is 6.07 Å². The molecule has 6 heteroatoms. The molecule has 0 N–H and O–H groups in total. The lowest BCUT2D eigenvalue weighted by atomic mass is 10.2. The first-order chi connectivity index (χ1) is 11.1. The van der Waals surface area contributed by atoms with Gasteiger partial charge in [0, 0.05) is 16.7 Å². The molecule has 3 nitrogen and oxygen atoms in total. The van der Waals surface area contributed by atoms with Crippen LogP contribution >= 0.6 is 27.5 Å². The number of halogens is 3. The summed E-state index contributed by atoms with van der Waals surface area (Å²) in [5, 5.41) is 0.444. The molecule has 0 spiro atoms. The quantitative estimate of drug-likeness (QED) is 0.618. The summed E-state index contributed by atoms with van der Waals surface area (Å²) in [4.78, 5) is 4.21. The minimum absolute atomic E-state index is 0.152. The Bertz CT molecular complexity index is 675. The van der Waals surface area contributed by atoms with Gasteiger partial charge in [-0.05, 0) is 59.8 Å². The van der Waals surface area contributed by atoms with E-state index in [1.54, 1.807) is 12.3 Å². The normalized spacial score (nSPS) is 14.9. The standard InChI is InChI=1S/C17H16BrClFNO2/c18-14-8-15(19)11(7-16(14)20)10-22-17-6-5-13(9-21-17)23-12-3-1-2-4-12/h5-9,12H,1-4,10H2. The zero-order valence-electron chi connectivity index (χ0n) is 12.4. The van der Waals surface area contributed by atoms with Gasteiger partial charge in [-0.25, -0.2) is 9.37 Å². The molecule has 0 saturated heterocycles. The van der Waals surface area contributed by atoms with Crippen LogP contribution in [0.4, 0.5) is 4.39 Å². The number of pyridine rings is 1. The summed E-state index contributed by atoms with van der Waals surface area (Å²) >= 11 is 9.16. The molecule has 1 heterocycles. The number of aromatic nitrogens is 1. The lowest BCUT2D eigenvalue weighted by Gasteiger charge is -2.13. The fourth-order valence-corrected chi connectivity index (χ4v) is 3.24. The molecule has 0 unspecified atom stereocenters. The Balaban J connectivity index is 1.59. The van der Waals surface area contributed by atoms with Gasteiger partial charge in [0.25, 0.3) is 0 Å². The highest BCUT2D eigenvalue weighted by molar-refractivity contribution is 9.10. The van der Waals surface area contributed by atoms with Crippen LogP contribution in [0.1, 0.15) is 31.2 Å². The van der Waals surface area contributed by atoms with Gasteiger partial charge in [-0.1, -0.05) is 11.6 Å². The van der Waals surface area contributed by atoms with Crippen LogP contribution in [0, 0.1) is 5.82 Å². The Hall–Kier alpha value is -1.33. The van der Waals surface area contributed by atoms with Crippen LogP contribution in [0.3, 0.4) is 0 Å². The van der Waals surface area contributed by atoms with Crippen molar-refractivity contribution in [2.75, 3.05) is 0 Å². The van der Waals surface area contributed by atoms with Crippen molar-refractivity contribution in [3.63, 3.8) is 0 Å². The summed E-state index contributed by atoms with van der Waals surface area (Å²) in [6.45, 7) is 0.152. The fourth-order valence-electron chi connectivity index (χ4n) is 2.55. The molecule has 1 aromatic carbocycles. The Morgan fingerprint density at radius 2 is 2.04 bits per heavy atom. The highest BCUT2D eigenvalue weighted by Gasteiger charge is 2.16. The smallest absolute Gasteiger partial charge is 0.213 e. The molecule has 122 valence electrons. The first-order valence-corrected chi connectivity index (χ1v) is 8.68. The number of benzene rings is 1. The highest BCUT2D eigenvalue weighted by Crippen LogP contribution is 2.27. The van der Waals surface area contributed by atoms with Gasteiger partial charge in [0.2, 0.25) is 5.88 Å². The van der Waals surface area contributed by atoms with Gasteiger partial charge in [-0.15, -0.1) is 0 Å². The van der Waals surface area contributed by atoms with E-state index in [0.29, 0.717) is 27.0 Å². The highest BCUT2D eigenvalue weighted by atomic mass is 79.9. The SMILES string of the molecule is Fc1cc(COc2ccc(OC3CCCC3)cn2)c(Cl)cc1Br. The second-order valence-corrected chi connectivity index (χ2v) is 6.76. The Labute approximate surface area is 147 Å². The van der Waals surface area contributed by atoms with Crippen LogP contribution in [0.5, 0.6) is 11.6 Å². The van der Waals surface area contributed by atoms with Crippen LogP contribution < -0.4 is 9.47 Å². The first-order valence-electron chi connectivity index (χ1n) is 7.51. The van der Waals surface area contributed by atoms with Crippen LogP contribution in [0.15, 0.2) is 34.9 Å². The monoisotopic (exact) mass is 399 g/mol. The van der Waals surface area contributed by atoms with Crippen molar-refractivity contribution in [2.45, 2.75) is 38.4 Å². The summed E-state index contributed by atoms with van der Waals surface area (Å²) in [5.74, 6) is 0.821. The Morgan fingerprint density at radius 3 is 2.74 bits per heavy atom. The van der Waals surface area contributed by atoms with Gasteiger partial charge in [-0.2, -0.15) is 0 Å². The number of ether oxygens (including phenoxy) is 2. The van der Waals surface area contributed by atoms with E-state index in [1.165, 1.54) is 25.0 Å². The predicted molar refractivity (Wildman–Crippen MR) is 90.6 cm³/mol. The summed E-state index contributed by atoms with van der Waals surface area (Å²) in [5.41, 5.74) is 0.570. The molecule has 1 aliphatic carbocycles. The molecule has 3 rings (SSSR count). The van der Waals surface area contributed by atoms with Crippen molar-refractivity contribution in [3.8, 4) is 11.6 Å². The van der Waals surface area contributed by atoms with E-state index in [9.17, 15) is 4.39 Å². The van der Waals surface area contributed by atoms with Crippen molar-refractivity contribution in [2.24, 2.45) is 0 Å². The minimum atomic E-state index is -0.374. The minimum Gasteiger partial charge on any atom is -0.489 e. The Kier molecular flexibility index (Phi) is 5.38. The first kappa shape index (κ1) is 16.5. The molecular formula is C17H16BrClFNO2. The molecule has 0 aliphatic heterocycles. The second kappa shape index (κ2) is 7.49. The van der Waals surface area contributed by atoms with Crippen LogP contribution in [0.2, 0.25) is 5.02 Å². The predicted octanol–water partition coefficient (Wildman–Crippen LogP) is 5.54. The van der Waals surface area contributed by atoms with Gasteiger partial charge in [0.1, 0.15) is 18.2 Å². The van der Waals surface area contributed by atoms with E-state index < -0.39 is 0 Å². The maximum Gasteiger partial charge on any atom is 0.213 e. The molecular weight excluding hydrogens is 385 g/mol. The van der Waals surface area contributed by atoms with Crippen molar-refractivity contribution in [3.05, 3.63) is 51.3 Å². The van der Waals surface area contributed by atoms with Crippen LogP contribution in [-0.4, -0.2) is 11.1 Å². The largest absolute Gasteiger partial charge is 0.489 e. The summed E-state index contributed by atoms with van der Waals surface area (Å²) in [6.07, 6.45) is 6.61. The second-order valence-electron chi connectivity index (χ2n) is 5.50. The van der Waals surface area contributed by atoms with E-state index in [4.69, 9.17) is 21.1 Å². The zero-order chi connectivity index (χ0) is 16.2. The third-order valence-electron chi connectivity index (χ3n) is 3.78. The molecule has 0 atom stereocenters.